The molecule has 0 atom stereocenters. The summed E-state index contributed by atoms with van der Waals surface area (Å²) in [7, 11) is 0. The van der Waals surface area contributed by atoms with E-state index in [-0.39, 0.29) is 25.8 Å². The number of aryl methyl sites for hydroxylation is 1. The zero-order valence-electron chi connectivity index (χ0n) is 6.54. The van der Waals surface area contributed by atoms with Crippen LogP contribution in [0.2, 0.25) is 0 Å². The molecule has 1 aromatic heterocycles. The predicted molar refractivity (Wildman–Crippen MR) is 37.5 cm³/mol. The zero-order chi connectivity index (χ0) is 8.27. The quantitative estimate of drug-likeness (QED) is 0.896. The number of hydrogen-bond acceptors (Lipinski definition) is 3. The summed E-state index contributed by atoms with van der Waals surface area (Å²) >= 11 is 0. The molecular formula is C7H9IrNO3. The van der Waals surface area contributed by atoms with Crippen LogP contribution in [0.5, 0.6) is 0 Å². The van der Waals surface area contributed by atoms with Gasteiger partial charge in [0.1, 0.15) is 6.26 Å². The molecule has 12 heavy (non-hydrogen) atoms. The Morgan fingerprint density at radius 2 is 2.42 bits per heavy atom. The van der Waals surface area contributed by atoms with Crippen molar-refractivity contribution in [2.75, 3.05) is 0 Å². The van der Waals surface area contributed by atoms with Gasteiger partial charge >= 0.3 is 5.97 Å². The van der Waals surface area contributed by atoms with Crippen LogP contribution in [0.3, 0.4) is 0 Å². The van der Waals surface area contributed by atoms with E-state index in [2.05, 4.69) is 4.98 Å². The second kappa shape index (κ2) is 5.06. The fourth-order valence-electron chi connectivity index (χ4n) is 0.738. The van der Waals surface area contributed by atoms with Gasteiger partial charge in [-0.15, -0.1) is 0 Å². The average molecular weight is 347 g/mol. The predicted octanol–water partition coefficient (Wildman–Crippen LogP) is 1.32. The number of carboxylic acids is 1. The SMILES string of the molecule is CCCc1nc(C(=O)O)co1.[Ir]. The van der Waals surface area contributed by atoms with Gasteiger partial charge in [0.25, 0.3) is 0 Å². The number of rotatable bonds is 3. The molecule has 1 rings (SSSR count). The molecule has 0 spiro atoms. The van der Waals surface area contributed by atoms with Crippen LogP contribution >= 0.6 is 0 Å². The van der Waals surface area contributed by atoms with E-state index >= 15 is 0 Å². The normalized spacial score (nSPS) is 9.08. The fraction of sp³-hybridized carbons (Fsp3) is 0.429. The van der Waals surface area contributed by atoms with Crippen LogP contribution in [-0.2, 0) is 26.5 Å². The van der Waals surface area contributed by atoms with Crippen LogP contribution in [0, 0.1) is 0 Å². The van der Waals surface area contributed by atoms with Gasteiger partial charge in [0, 0.05) is 26.5 Å². The summed E-state index contributed by atoms with van der Waals surface area (Å²) in [6, 6.07) is 0. The van der Waals surface area contributed by atoms with E-state index in [0.29, 0.717) is 12.3 Å². The van der Waals surface area contributed by atoms with Crippen LogP contribution in [-0.4, -0.2) is 16.1 Å². The standard InChI is InChI=1S/C7H9NO3.Ir/c1-2-3-6-8-5(4-11-6)7(9)10;/h4H,2-3H2,1H3,(H,9,10);. The van der Waals surface area contributed by atoms with Gasteiger partial charge in [-0.2, -0.15) is 0 Å². The fourth-order valence-corrected chi connectivity index (χ4v) is 0.738. The Bertz CT molecular complexity index is 259. The Balaban J connectivity index is 0.00000121. The van der Waals surface area contributed by atoms with Crippen LogP contribution in [0.4, 0.5) is 0 Å². The number of aromatic nitrogens is 1. The topological polar surface area (TPSA) is 63.3 Å². The molecule has 5 heteroatoms. The van der Waals surface area contributed by atoms with Gasteiger partial charge in [-0.1, -0.05) is 6.92 Å². The number of oxazole rings is 1. The van der Waals surface area contributed by atoms with Gasteiger partial charge in [0.05, 0.1) is 0 Å². The van der Waals surface area contributed by atoms with E-state index in [4.69, 9.17) is 9.52 Å². The smallest absolute Gasteiger partial charge is 0.357 e. The second-order valence-electron chi connectivity index (χ2n) is 2.18. The largest absolute Gasteiger partial charge is 0.476 e. The Morgan fingerprint density at radius 3 is 2.83 bits per heavy atom. The van der Waals surface area contributed by atoms with E-state index in [1.54, 1.807) is 0 Å². The van der Waals surface area contributed by atoms with Crippen molar-refractivity contribution in [3.63, 3.8) is 0 Å². The maximum Gasteiger partial charge on any atom is 0.357 e. The molecular weight excluding hydrogens is 338 g/mol. The van der Waals surface area contributed by atoms with Crippen molar-refractivity contribution in [2.24, 2.45) is 0 Å². The van der Waals surface area contributed by atoms with Gasteiger partial charge in [0.15, 0.2) is 11.6 Å². The van der Waals surface area contributed by atoms with Gasteiger partial charge in [-0.3, -0.25) is 0 Å². The van der Waals surface area contributed by atoms with Crippen LogP contribution < -0.4 is 0 Å². The Hall–Kier alpha value is -0.671. The van der Waals surface area contributed by atoms with Gasteiger partial charge in [-0.25, -0.2) is 9.78 Å². The summed E-state index contributed by atoms with van der Waals surface area (Å²) in [5.74, 6) is -0.555. The van der Waals surface area contributed by atoms with Crippen molar-refractivity contribution >= 4 is 5.97 Å². The summed E-state index contributed by atoms with van der Waals surface area (Å²) in [5.41, 5.74) is -0.0200. The Morgan fingerprint density at radius 1 is 1.75 bits per heavy atom. The Kier molecular flexibility index (Phi) is 4.78. The zero-order valence-corrected chi connectivity index (χ0v) is 8.93. The number of aromatic carboxylic acids is 1. The van der Waals surface area contributed by atoms with Crippen molar-refractivity contribution in [3.05, 3.63) is 17.8 Å². The maximum atomic E-state index is 10.3. The third-order valence-corrected chi connectivity index (χ3v) is 1.23. The summed E-state index contributed by atoms with van der Waals surface area (Å²) in [6.07, 6.45) is 2.75. The second-order valence-corrected chi connectivity index (χ2v) is 2.18. The molecule has 0 saturated carbocycles. The number of carboxylic acid groups (broad SMARTS) is 1. The number of nitrogens with zero attached hydrogens (tertiary/aromatic N) is 1. The molecule has 1 heterocycles. The molecule has 0 aliphatic rings. The molecule has 0 bridgehead atoms. The molecule has 0 unspecified atom stereocenters. The van der Waals surface area contributed by atoms with E-state index in [1.165, 1.54) is 0 Å². The molecule has 0 aromatic carbocycles. The first-order valence-electron chi connectivity index (χ1n) is 3.41. The molecule has 1 N–H and O–H groups in total. The first-order valence-corrected chi connectivity index (χ1v) is 3.41. The molecule has 4 nitrogen and oxygen atoms in total. The third-order valence-electron chi connectivity index (χ3n) is 1.23. The molecule has 1 radical (unpaired) electrons. The van der Waals surface area contributed by atoms with Crippen molar-refractivity contribution in [1.29, 1.82) is 0 Å². The third kappa shape index (κ3) is 2.75. The van der Waals surface area contributed by atoms with Gasteiger partial charge < -0.3 is 9.52 Å². The summed E-state index contributed by atoms with van der Waals surface area (Å²) < 4.78 is 4.87. The van der Waals surface area contributed by atoms with E-state index in [9.17, 15) is 4.79 Å². The minimum atomic E-state index is -1.05. The first kappa shape index (κ1) is 11.3. The molecule has 0 fully saturated rings. The van der Waals surface area contributed by atoms with Crippen molar-refractivity contribution < 1.29 is 34.4 Å². The van der Waals surface area contributed by atoms with Crippen molar-refractivity contribution in [3.8, 4) is 0 Å². The first-order chi connectivity index (χ1) is 5.24. The van der Waals surface area contributed by atoms with Crippen molar-refractivity contribution in [1.82, 2.24) is 4.98 Å². The number of hydrogen-bond donors (Lipinski definition) is 1. The molecule has 0 amide bonds. The van der Waals surface area contributed by atoms with Gasteiger partial charge in [0.2, 0.25) is 0 Å². The number of carbonyl (C=O) groups is 1. The van der Waals surface area contributed by atoms with E-state index in [0.717, 1.165) is 12.7 Å². The van der Waals surface area contributed by atoms with Crippen molar-refractivity contribution in [2.45, 2.75) is 19.8 Å². The average Bonchev–Trinajstić information content (AvgIpc) is 2.37. The van der Waals surface area contributed by atoms with Crippen LogP contribution in [0.1, 0.15) is 29.7 Å². The van der Waals surface area contributed by atoms with E-state index < -0.39 is 5.97 Å². The maximum absolute atomic E-state index is 10.3. The van der Waals surface area contributed by atoms with Crippen LogP contribution in [0.25, 0.3) is 0 Å². The minimum Gasteiger partial charge on any atom is -0.476 e. The molecule has 69 valence electrons. The monoisotopic (exact) mass is 348 g/mol. The molecule has 1 aromatic rings. The summed E-state index contributed by atoms with van der Waals surface area (Å²) in [5, 5.41) is 8.44. The molecule has 0 aliphatic heterocycles. The summed E-state index contributed by atoms with van der Waals surface area (Å²) in [4.78, 5) is 14.0. The molecule has 0 saturated heterocycles. The summed E-state index contributed by atoms with van der Waals surface area (Å²) in [6.45, 7) is 1.98. The van der Waals surface area contributed by atoms with E-state index in [1.807, 2.05) is 6.92 Å². The minimum absolute atomic E-state index is 0. The molecule has 0 aliphatic carbocycles. The van der Waals surface area contributed by atoms with Gasteiger partial charge in [-0.05, 0) is 6.42 Å². The van der Waals surface area contributed by atoms with Crippen LogP contribution in [0.15, 0.2) is 10.7 Å². The Labute approximate surface area is 83.3 Å².